The molecule has 3 aromatic rings. The number of fused-ring (bicyclic) bond motifs is 1. The number of carbonyl (C=O) groups excluding carboxylic acids is 1. The summed E-state index contributed by atoms with van der Waals surface area (Å²) in [7, 11) is -3.69. The van der Waals surface area contributed by atoms with Crippen LogP contribution in [0.2, 0.25) is 0 Å². The molecular formula is C21H25N3O4S2. The molecule has 1 aromatic heterocycles. The minimum Gasteiger partial charge on any atom is -0.324 e. The SMILES string of the molecule is CC[C@@H](C(=O)Nc1ccc2c(c1)sc(=O)n2CC)N(c1cccc(C)c1)S(C)(=O)=O. The Labute approximate surface area is 180 Å². The highest BCUT2D eigenvalue weighted by molar-refractivity contribution is 7.92. The van der Waals surface area contributed by atoms with Crippen LogP contribution in [0.15, 0.2) is 47.3 Å². The van der Waals surface area contributed by atoms with E-state index in [4.69, 9.17) is 0 Å². The van der Waals surface area contributed by atoms with Crippen molar-refractivity contribution in [2.75, 3.05) is 15.9 Å². The summed E-state index contributed by atoms with van der Waals surface area (Å²) < 4.78 is 28.7. The van der Waals surface area contributed by atoms with E-state index < -0.39 is 22.0 Å². The Kier molecular flexibility index (Phi) is 6.33. The van der Waals surface area contributed by atoms with Gasteiger partial charge in [-0.1, -0.05) is 30.4 Å². The molecule has 7 nitrogen and oxygen atoms in total. The predicted octanol–water partition coefficient (Wildman–Crippen LogP) is 3.57. The highest BCUT2D eigenvalue weighted by atomic mass is 32.2. The molecule has 0 saturated heterocycles. The maximum Gasteiger partial charge on any atom is 0.308 e. The molecule has 30 heavy (non-hydrogen) atoms. The van der Waals surface area contributed by atoms with Crippen molar-refractivity contribution in [1.29, 1.82) is 0 Å². The van der Waals surface area contributed by atoms with Crippen LogP contribution < -0.4 is 14.5 Å². The van der Waals surface area contributed by atoms with E-state index in [-0.39, 0.29) is 4.87 Å². The van der Waals surface area contributed by atoms with Gasteiger partial charge in [0.2, 0.25) is 15.9 Å². The molecular weight excluding hydrogens is 422 g/mol. The number of carbonyl (C=O) groups is 1. The van der Waals surface area contributed by atoms with Gasteiger partial charge in [-0.25, -0.2) is 8.42 Å². The first-order valence-corrected chi connectivity index (χ1v) is 12.3. The Morgan fingerprint density at radius 1 is 1.20 bits per heavy atom. The summed E-state index contributed by atoms with van der Waals surface area (Å²) in [5, 5.41) is 2.82. The highest BCUT2D eigenvalue weighted by Crippen LogP contribution is 2.26. The zero-order valence-corrected chi connectivity index (χ0v) is 19.0. The van der Waals surface area contributed by atoms with Crippen LogP contribution in [0, 0.1) is 6.92 Å². The van der Waals surface area contributed by atoms with Gasteiger partial charge in [0.15, 0.2) is 0 Å². The van der Waals surface area contributed by atoms with E-state index in [1.165, 1.54) is 4.31 Å². The van der Waals surface area contributed by atoms with Crippen LogP contribution in [0.1, 0.15) is 25.8 Å². The monoisotopic (exact) mass is 447 g/mol. The molecule has 0 aliphatic heterocycles. The van der Waals surface area contributed by atoms with Crippen LogP contribution in [0.25, 0.3) is 10.2 Å². The number of sulfonamides is 1. The van der Waals surface area contributed by atoms with E-state index >= 15 is 0 Å². The van der Waals surface area contributed by atoms with E-state index in [1.807, 2.05) is 19.9 Å². The van der Waals surface area contributed by atoms with Crippen LogP contribution >= 0.6 is 11.3 Å². The van der Waals surface area contributed by atoms with Crippen molar-refractivity contribution in [1.82, 2.24) is 4.57 Å². The number of aromatic nitrogens is 1. The lowest BCUT2D eigenvalue weighted by Gasteiger charge is -2.30. The molecule has 3 rings (SSSR count). The van der Waals surface area contributed by atoms with Crippen LogP contribution in [0.3, 0.4) is 0 Å². The molecule has 0 saturated carbocycles. The molecule has 160 valence electrons. The predicted molar refractivity (Wildman–Crippen MR) is 123 cm³/mol. The van der Waals surface area contributed by atoms with Gasteiger partial charge in [0, 0.05) is 12.2 Å². The van der Waals surface area contributed by atoms with Crippen molar-refractivity contribution >= 4 is 48.9 Å². The van der Waals surface area contributed by atoms with E-state index in [2.05, 4.69) is 5.32 Å². The summed E-state index contributed by atoms with van der Waals surface area (Å²) in [6, 6.07) is 11.4. The van der Waals surface area contributed by atoms with Gasteiger partial charge in [-0.05, 0) is 56.2 Å². The lowest BCUT2D eigenvalue weighted by atomic mass is 10.1. The van der Waals surface area contributed by atoms with E-state index in [1.54, 1.807) is 47.9 Å². The second kappa shape index (κ2) is 8.61. The van der Waals surface area contributed by atoms with Gasteiger partial charge in [0.1, 0.15) is 6.04 Å². The van der Waals surface area contributed by atoms with Gasteiger partial charge in [-0.15, -0.1) is 0 Å². The molecule has 1 atom stereocenters. The third-order valence-electron chi connectivity index (χ3n) is 4.84. The van der Waals surface area contributed by atoms with Crippen molar-refractivity contribution < 1.29 is 13.2 Å². The molecule has 0 spiro atoms. The number of benzene rings is 2. The number of thiazole rings is 1. The molecule has 0 unspecified atom stereocenters. The molecule has 9 heteroatoms. The summed E-state index contributed by atoms with van der Waals surface area (Å²) in [6.45, 7) is 6.12. The van der Waals surface area contributed by atoms with Gasteiger partial charge in [-0.3, -0.25) is 18.5 Å². The fraction of sp³-hybridized carbons (Fsp3) is 0.333. The Hall–Kier alpha value is -2.65. The highest BCUT2D eigenvalue weighted by Gasteiger charge is 2.31. The second-order valence-electron chi connectivity index (χ2n) is 7.11. The normalized spacial score (nSPS) is 12.7. The van der Waals surface area contributed by atoms with Gasteiger partial charge >= 0.3 is 4.87 Å². The summed E-state index contributed by atoms with van der Waals surface area (Å²) in [5.74, 6) is -0.425. The first kappa shape index (κ1) is 22.0. The van der Waals surface area contributed by atoms with Crippen molar-refractivity contribution in [3.63, 3.8) is 0 Å². The third kappa shape index (κ3) is 4.41. The Morgan fingerprint density at radius 3 is 2.53 bits per heavy atom. The molecule has 1 heterocycles. The van der Waals surface area contributed by atoms with Crippen molar-refractivity contribution in [3.05, 3.63) is 57.7 Å². The number of hydrogen-bond acceptors (Lipinski definition) is 5. The lowest BCUT2D eigenvalue weighted by Crippen LogP contribution is -2.47. The van der Waals surface area contributed by atoms with Gasteiger partial charge in [0.05, 0.1) is 22.2 Å². The van der Waals surface area contributed by atoms with Crippen molar-refractivity contribution in [3.8, 4) is 0 Å². The molecule has 0 aliphatic carbocycles. The van der Waals surface area contributed by atoms with Crippen molar-refractivity contribution in [2.45, 2.75) is 39.8 Å². The van der Waals surface area contributed by atoms with E-state index in [9.17, 15) is 18.0 Å². The number of rotatable bonds is 7. The minimum absolute atomic E-state index is 0.0508. The lowest BCUT2D eigenvalue weighted by molar-refractivity contribution is -0.117. The fourth-order valence-corrected chi connectivity index (χ4v) is 5.69. The number of hydrogen-bond donors (Lipinski definition) is 1. The van der Waals surface area contributed by atoms with Gasteiger partial charge in [-0.2, -0.15) is 0 Å². The largest absolute Gasteiger partial charge is 0.324 e. The molecule has 1 N–H and O–H groups in total. The summed E-state index contributed by atoms with van der Waals surface area (Å²) >= 11 is 1.12. The number of nitrogens with zero attached hydrogens (tertiary/aromatic N) is 2. The van der Waals surface area contributed by atoms with Crippen LogP contribution in [-0.2, 0) is 21.4 Å². The van der Waals surface area contributed by atoms with E-state index in [0.717, 1.165) is 33.4 Å². The zero-order chi connectivity index (χ0) is 22.1. The molecule has 0 radical (unpaired) electrons. The first-order chi connectivity index (χ1) is 14.2. The Bertz CT molecular complexity index is 1240. The molecule has 2 aromatic carbocycles. The third-order valence-corrected chi connectivity index (χ3v) is 6.96. The van der Waals surface area contributed by atoms with Crippen LogP contribution in [0.5, 0.6) is 0 Å². The molecule has 1 amide bonds. The number of anilines is 2. The summed E-state index contributed by atoms with van der Waals surface area (Å²) in [6.07, 6.45) is 1.40. The average Bonchev–Trinajstić information content (AvgIpc) is 2.98. The molecule has 0 fully saturated rings. The fourth-order valence-electron chi connectivity index (χ4n) is 3.49. The van der Waals surface area contributed by atoms with E-state index in [0.29, 0.717) is 24.3 Å². The quantitative estimate of drug-likeness (QED) is 0.600. The number of nitrogens with one attached hydrogen (secondary N) is 1. The molecule has 0 bridgehead atoms. The summed E-state index contributed by atoms with van der Waals surface area (Å²) in [4.78, 5) is 25.1. The topological polar surface area (TPSA) is 88.5 Å². The van der Waals surface area contributed by atoms with Gasteiger partial charge in [0.25, 0.3) is 0 Å². The molecule has 0 aliphatic rings. The van der Waals surface area contributed by atoms with Crippen LogP contribution in [0.4, 0.5) is 11.4 Å². The smallest absolute Gasteiger partial charge is 0.308 e. The Morgan fingerprint density at radius 2 is 1.93 bits per heavy atom. The Balaban J connectivity index is 1.94. The van der Waals surface area contributed by atoms with Gasteiger partial charge < -0.3 is 5.32 Å². The first-order valence-electron chi connectivity index (χ1n) is 9.66. The zero-order valence-electron chi connectivity index (χ0n) is 17.4. The second-order valence-corrected chi connectivity index (χ2v) is 9.96. The minimum atomic E-state index is -3.69. The standard InChI is InChI=1S/C21H25N3O4S2/c1-5-17(24(30(4,27)28)16-9-7-8-14(3)12-16)20(25)22-15-10-11-18-19(13-15)29-21(26)23(18)6-2/h7-13,17H,5-6H2,1-4H3,(H,22,25)/t17-/m0/s1. The van der Waals surface area contributed by atoms with Crippen LogP contribution in [-0.4, -0.2) is 31.2 Å². The maximum atomic E-state index is 13.1. The number of aryl methyl sites for hydroxylation is 2. The van der Waals surface area contributed by atoms with Crippen molar-refractivity contribution in [2.24, 2.45) is 0 Å². The summed E-state index contributed by atoms with van der Waals surface area (Å²) in [5.41, 5.74) is 2.69. The number of amides is 1. The maximum absolute atomic E-state index is 13.1. The average molecular weight is 448 g/mol.